The van der Waals surface area contributed by atoms with Gasteiger partial charge in [-0.1, -0.05) is 12.1 Å². The minimum absolute atomic E-state index is 0.165. The van der Waals surface area contributed by atoms with E-state index in [2.05, 4.69) is 0 Å². The van der Waals surface area contributed by atoms with Crippen LogP contribution in [0.15, 0.2) is 24.3 Å². The van der Waals surface area contributed by atoms with Gasteiger partial charge in [0.25, 0.3) is 0 Å². The zero-order valence-electron chi connectivity index (χ0n) is 8.83. The largest absolute Gasteiger partial charge is 0.385 e. The van der Waals surface area contributed by atoms with Crippen LogP contribution in [0.25, 0.3) is 0 Å². The summed E-state index contributed by atoms with van der Waals surface area (Å²) in [5, 5.41) is 0. The van der Waals surface area contributed by atoms with Crippen LogP contribution < -0.4 is 0 Å². The molecule has 0 aliphatic carbocycles. The van der Waals surface area contributed by atoms with Crippen LogP contribution in [0.2, 0.25) is 0 Å². The molecule has 15 heavy (non-hydrogen) atoms. The molecule has 3 heteroatoms. The summed E-state index contributed by atoms with van der Waals surface area (Å²) in [6, 6.07) is 6.03. The average molecular weight is 210 g/mol. The van der Waals surface area contributed by atoms with E-state index in [0.29, 0.717) is 19.4 Å². The summed E-state index contributed by atoms with van der Waals surface area (Å²) in [5.74, 6) is -0.107. The highest BCUT2D eigenvalue weighted by Crippen LogP contribution is 2.05. The Kier molecular flexibility index (Phi) is 4.98. The lowest BCUT2D eigenvalue weighted by Gasteiger charge is -2.01. The van der Waals surface area contributed by atoms with E-state index in [9.17, 15) is 9.18 Å². The van der Waals surface area contributed by atoms with Gasteiger partial charge in [0, 0.05) is 26.6 Å². The van der Waals surface area contributed by atoms with Gasteiger partial charge in [-0.25, -0.2) is 4.39 Å². The lowest BCUT2D eigenvalue weighted by atomic mass is 10.1. The first-order valence-corrected chi connectivity index (χ1v) is 4.97. The maximum Gasteiger partial charge on any atom is 0.137 e. The number of hydrogen-bond donors (Lipinski definition) is 0. The molecule has 0 saturated heterocycles. The van der Waals surface area contributed by atoms with E-state index in [1.54, 1.807) is 19.2 Å². The first-order chi connectivity index (χ1) is 7.22. The number of ether oxygens (including phenoxy) is 1. The molecule has 0 saturated carbocycles. The molecular weight excluding hydrogens is 195 g/mol. The first-order valence-electron chi connectivity index (χ1n) is 4.97. The summed E-state index contributed by atoms with van der Waals surface area (Å²) in [6.45, 7) is 0.606. The third-order valence-corrected chi connectivity index (χ3v) is 2.12. The average Bonchev–Trinajstić information content (AvgIpc) is 2.22. The normalized spacial score (nSPS) is 10.3. The Balaban J connectivity index is 2.34. The number of carbonyl (C=O) groups is 1. The molecule has 0 amide bonds. The van der Waals surface area contributed by atoms with Gasteiger partial charge in [-0.3, -0.25) is 4.79 Å². The van der Waals surface area contributed by atoms with Crippen molar-refractivity contribution in [1.82, 2.24) is 0 Å². The van der Waals surface area contributed by atoms with Crippen molar-refractivity contribution in [2.75, 3.05) is 13.7 Å². The van der Waals surface area contributed by atoms with Crippen molar-refractivity contribution in [1.29, 1.82) is 0 Å². The lowest BCUT2D eigenvalue weighted by molar-refractivity contribution is -0.118. The summed E-state index contributed by atoms with van der Waals surface area (Å²) in [7, 11) is 1.62. The van der Waals surface area contributed by atoms with E-state index in [1.807, 2.05) is 0 Å². The van der Waals surface area contributed by atoms with Gasteiger partial charge in [0.05, 0.1) is 0 Å². The third-order valence-electron chi connectivity index (χ3n) is 2.12. The molecule has 1 aromatic carbocycles. The quantitative estimate of drug-likeness (QED) is 0.674. The molecule has 2 nitrogen and oxygen atoms in total. The van der Waals surface area contributed by atoms with Crippen molar-refractivity contribution in [3.63, 3.8) is 0 Å². The van der Waals surface area contributed by atoms with Gasteiger partial charge in [0.1, 0.15) is 11.6 Å². The molecular formula is C12H15FO2. The summed E-state index contributed by atoms with van der Waals surface area (Å²) in [6.07, 6.45) is 1.64. The molecule has 0 unspecified atom stereocenters. The molecule has 0 atom stereocenters. The van der Waals surface area contributed by atoms with Crippen molar-refractivity contribution in [3.8, 4) is 0 Å². The van der Waals surface area contributed by atoms with Gasteiger partial charge in [-0.05, 0) is 24.1 Å². The molecule has 1 rings (SSSR count). The molecule has 0 N–H and O–H groups in total. The van der Waals surface area contributed by atoms with Crippen LogP contribution in [0.5, 0.6) is 0 Å². The van der Waals surface area contributed by atoms with Crippen LogP contribution in [0.4, 0.5) is 4.39 Å². The maximum absolute atomic E-state index is 12.6. The van der Waals surface area contributed by atoms with E-state index in [0.717, 1.165) is 12.0 Å². The van der Waals surface area contributed by atoms with Gasteiger partial charge >= 0.3 is 0 Å². The van der Waals surface area contributed by atoms with Crippen molar-refractivity contribution in [2.24, 2.45) is 0 Å². The standard InChI is InChI=1S/C12H15FO2/c1-15-8-2-3-12(14)9-10-4-6-11(13)7-5-10/h4-7H,2-3,8-9H2,1H3. The Morgan fingerprint density at radius 2 is 2.00 bits per heavy atom. The fourth-order valence-corrected chi connectivity index (χ4v) is 1.33. The summed E-state index contributed by atoms with van der Waals surface area (Å²) in [5.41, 5.74) is 0.860. The van der Waals surface area contributed by atoms with E-state index in [1.165, 1.54) is 12.1 Å². The smallest absolute Gasteiger partial charge is 0.137 e. The van der Waals surface area contributed by atoms with Gasteiger partial charge in [-0.2, -0.15) is 0 Å². The van der Waals surface area contributed by atoms with Crippen molar-refractivity contribution in [3.05, 3.63) is 35.6 Å². The number of benzene rings is 1. The van der Waals surface area contributed by atoms with Crippen molar-refractivity contribution >= 4 is 5.78 Å². The van der Waals surface area contributed by atoms with Crippen LogP contribution in [0, 0.1) is 5.82 Å². The topological polar surface area (TPSA) is 26.3 Å². The lowest BCUT2D eigenvalue weighted by Crippen LogP contribution is -2.04. The second-order valence-corrected chi connectivity index (χ2v) is 3.44. The van der Waals surface area contributed by atoms with Crippen LogP contribution >= 0.6 is 0 Å². The SMILES string of the molecule is COCCCC(=O)Cc1ccc(F)cc1. The fourth-order valence-electron chi connectivity index (χ4n) is 1.33. The number of halogens is 1. The Morgan fingerprint density at radius 3 is 2.60 bits per heavy atom. The Hall–Kier alpha value is -1.22. The summed E-state index contributed by atoms with van der Waals surface area (Å²) in [4.78, 5) is 11.4. The van der Waals surface area contributed by atoms with Gasteiger partial charge < -0.3 is 4.74 Å². The maximum atomic E-state index is 12.6. The van der Waals surface area contributed by atoms with Gasteiger partial charge in [0.2, 0.25) is 0 Å². The molecule has 1 aromatic rings. The minimum atomic E-state index is -0.273. The molecule has 0 heterocycles. The highest BCUT2D eigenvalue weighted by molar-refractivity contribution is 5.80. The number of ketones is 1. The van der Waals surface area contributed by atoms with Gasteiger partial charge in [0.15, 0.2) is 0 Å². The molecule has 0 aliphatic rings. The predicted molar refractivity (Wildman–Crippen MR) is 56.2 cm³/mol. The molecule has 0 radical (unpaired) electrons. The Morgan fingerprint density at radius 1 is 1.33 bits per heavy atom. The van der Waals surface area contributed by atoms with Crippen LogP contribution in [0.1, 0.15) is 18.4 Å². The molecule has 0 fully saturated rings. The number of carbonyl (C=O) groups excluding carboxylic acids is 1. The zero-order chi connectivity index (χ0) is 11.1. The summed E-state index contributed by atoms with van der Waals surface area (Å²) < 4.78 is 17.4. The second kappa shape index (κ2) is 6.30. The highest BCUT2D eigenvalue weighted by Gasteiger charge is 2.03. The predicted octanol–water partition coefficient (Wildman–Crippen LogP) is 2.36. The first kappa shape index (κ1) is 11.9. The minimum Gasteiger partial charge on any atom is -0.385 e. The summed E-state index contributed by atoms with van der Waals surface area (Å²) >= 11 is 0. The number of methoxy groups -OCH3 is 1. The molecule has 0 spiro atoms. The van der Waals surface area contributed by atoms with Crippen LogP contribution in [-0.2, 0) is 16.0 Å². The molecule has 0 aliphatic heterocycles. The van der Waals surface area contributed by atoms with E-state index >= 15 is 0 Å². The third kappa shape index (κ3) is 4.70. The van der Waals surface area contributed by atoms with Crippen LogP contribution in [0.3, 0.4) is 0 Å². The monoisotopic (exact) mass is 210 g/mol. The fraction of sp³-hybridized carbons (Fsp3) is 0.417. The number of rotatable bonds is 6. The second-order valence-electron chi connectivity index (χ2n) is 3.44. The molecule has 82 valence electrons. The highest BCUT2D eigenvalue weighted by atomic mass is 19.1. The number of hydrogen-bond acceptors (Lipinski definition) is 2. The molecule has 0 aromatic heterocycles. The number of Topliss-reactive ketones (excluding diaryl/α,β-unsaturated/α-hetero) is 1. The van der Waals surface area contributed by atoms with E-state index in [-0.39, 0.29) is 11.6 Å². The van der Waals surface area contributed by atoms with E-state index in [4.69, 9.17) is 4.74 Å². The van der Waals surface area contributed by atoms with Crippen LogP contribution in [-0.4, -0.2) is 19.5 Å². The van der Waals surface area contributed by atoms with E-state index < -0.39 is 0 Å². The van der Waals surface area contributed by atoms with Crippen molar-refractivity contribution < 1.29 is 13.9 Å². The zero-order valence-corrected chi connectivity index (χ0v) is 8.83. The van der Waals surface area contributed by atoms with Gasteiger partial charge in [-0.15, -0.1) is 0 Å². The Bertz CT molecular complexity index is 306. The Labute approximate surface area is 89.1 Å². The van der Waals surface area contributed by atoms with Crippen molar-refractivity contribution in [2.45, 2.75) is 19.3 Å². The molecule has 0 bridgehead atoms.